The van der Waals surface area contributed by atoms with Gasteiger partial charge in [-0.2, -0.15) is 4.37 Å². The van der Waals surface area contributed by atoms with Gasteiger partial charge < -0.3 is 9.88 Å². The van der Waals surface area contributed by atoms with E-state index in [1.807, 2.05) is 28.8 Å². The van der Waals surface area contributed by atoms with Gasteiger partial charge in [-0.3, -0.25) is 9.59 Å². The molecule has 3 aromatic rings. The molecule has 0 spiro atoms. The Morgan fingerprint density at radius 1 is 1.27 bits per heavy atom. The first-order valence-corrected chi connectivity index (χ1v) is 7.76. The number of thiocarbonyl (C=S) groups is 1. The maximum absolute atomic E-state index is 12.1. The van der Waals surface area contributed by atoms with Crippen LogP contribution in [0, 0.1) is 0 Å². The van der Waals surface area contributed by atoms with Crippen LogP contribution in [-0.4, -0.2) is 25.6 Å². The summed E-state index contributed by atoms with van der Waals surface area (Å²) in [5.74, 6) is -0.708. The Balaban J connectivity index is 1.98. The maximum Gasteiger partial charge on any atom is 0.261 e. The van der Waals surface area contributed by atoms with Crippen LogP contribution in [0.5, 0.6) is 0 Å². The topological polar surface area (TPSA) is 64.0 Å². The number of aromatic nitrogens is 2. The predicted octanol–water partition coefficient (Wildman–Crippen LogP) is 2.51. The number of ketones is 1. The van der Waals surface area contributed by atoms with Crippen molar-refractivity contribution in [2.75, 3.05) is 0 Å². The van der Waals surface area contributed by atoms with Gasteiger partial charge >= 0.3 is 0 Å². The van der Waals surface area contributed by atoms with Crippen molar-refractivity contribution < 1.29 is 9.59 Å². The van der Waals surface area contributed by atoms with Crippen molar-refractivity contribution in [2.45, 2.75) is 6.42 Å². The fraction of sp³-hybridized carbons (Fsp3) is 0.0667. The van der Waals surface area contributed by atoms with Crippen LogP contribution < -0.4 is 5.32 Å². The summed E-state index contributed by atoms with van der Waals surface area (Å²) in [4.78, 5) is 25.3. The molecule has 7 heteroatoms. The number of amides is 1. The van der Waals surface area contributed by atoms with Gasteiger partial charge in [0.15, 0.2) is 5.78 Å². The van der Waals surface area contributed by atoms with E-state index in [2.05, 4.69) is 9.69 Å². The van der Waals surface area contributed by atoms with Crippen LogP contribution in [0.4, 0.5) is 0 Å². The number of piperidine rings is 1. The van der Waals surface area contributed by atoms with Crippen LogP contribution in [0.2, 0.25) is 0 Å². The smallest absolute Gasteiger partial charge is 0.261 e. The SMILES string of the molecule is O=C1CC(=S)NC(=O)/C1=C/n1c2ccccc2c2cnsc21. The molecule has 5 nitrogen and oxygen atoms in total. The van der Waals surface area contributed by atoms with Crippen LogP contribution in [-0.2, 0) is 9.59 Å². The summed E-state index contributed by atoms with van der Waals surface area (Å²) >= 11 is 6.24. The highest BCUT2D eigenvalue weighted by molar-refractivity contribution is 7.80. The highest BCUT2D eigenvalue weighted by atomic mass is 32.1. The molecule has 22 heavy (non-hydrogen) atoms. The predicted molar refractivity (Wildman–Crippen MR) is 89.8 cm³/mol. The first-order chi connectivity index (χ1) is 10.6. The molecule has 0 bridgehead atoms. The molecule has 1 amide bonds. The number of rotatable bonds is 1. The average molecular weight is 327 g/mol. The monoisotopic (exact) mass is 327 g/mol. The summed E-state index contributed by atoms with van der Waals surface area (Å²) in [6.45, 7) is 0. The number of benzene rings is 1. The lowest BCUT2D eigenvalue weighted by molar-refractivity contribution is -0.122. The summed E-state index contributed by atoms with van der Waals surface area (Å²) in [6.07, 6.45) is 3.45. The van der Waals surface area contributed by atoms with Crippen molar-refractivity contribution in [1.82, 2.24) is 14.3 Å². The first-order valence-electron chi connectivity index (χ1n) is 6.57. The standard InChI is InChI=1S/C15H9N3O2S2/c19-12-5-13(21)17-14(20)10(12)7-18-11-4-2-1-3-8(11)9-6-16-22-15(9)18/h1-4,6-7H,5H2,(H,17,20,21)/b10-7+. The quantitative estimate of drug-likeness (QED) is 0.424. The number of hydrogen-bond acceptors (Lipinski definition) is 5. The molecule has 108 valence electrons. The lowest BCUT2D eigenvalue weighted by Gasteiger charge is -2.15. The second kappa shape index (κ2) is 4.82. The number of Topliss-reactive ketones (excluding diaryl/α,β-unsaturated/α-hetero) is 1. The Morgan fingerprint density at radius 3 is 2.91 bits per heavy atom. The zero-order valence-electron chi connectivity index (χ0n) is 11.2. The van der Waals surface area contributed by atoms with Gasteiger partial charge in [-0.05, 0) is 17.6 Å². The molecule has 0 atom stereocenters. The minimum atomic E-state index is -0.448. The second-order valence-electron chi connectivity index (χ2n) is 4.95. The molecule has 0 saturated carbocycles. The largest absolute Gasteiger partial charge is 0.316 e. The molecule has 0 aliphatic carbocycles. The first kappa shape index (κ1) is 13.3. The molecule has 2 aromatic heterocycles. The average Bonchev–Trinajstić information content (AvgIpc) is 3.04. The van der Waals surface area contributed by atoms with Crippen LogP contribution in [0.25, 0.3) is 27.3 Å². The molecular weight excluding hydrogens is 318 g/mol. The third-order valence-electron chi connectivity index (χ3n) is 3.60. The molecule has 0 unspecified atom stereocenters. The molecule has 1 fully saturated rings. The van der Waals surface area contributed by atoms with Crippen LogP contribution in [0.3, 0.4) is 0 Å². The van der Waals surface area contributed by atoms with Gasteiger partial charge in [0.05, 0.1) is 28.7 Å². The van der Waals surface area contributed by atoms with Gasteiger partial charge in [0.25, 0.3) is 5.91 Å². The molecule has 0 radical (unpaired) electrons. The number of nitrogens with zero attached hydrogens (tertiary/aromatic N) is 2. The zero-order valence-corrected chi connectivity index (χ0v) is 12.8. The van der Waals surface area contributed by atoms with Crippen LogP contribution in [0.1, 0.15) is 6.42 Å². The fourth-order valence-electron chi connectivity index (χ4n) is 2.61. The molecule has 1 N–H and O–H groups in total. The van der Waals surface area contributed by atoms with E-state index in [0.29, 0.717) is 0 Å². The normalized spacial score (nSPS) is 17.6. The van der Waals surface area contributed by atoms with Crippen LogP contribution >= 0.6 is 23.8 Å². The van der Waals surface area contributed by atoms with E-state index in [9.17, 15) is 9.59 Å². The van der Waals surface area contributed by atoms with E-state index in [-0.39, 0.29) is 22.8 Å². The number of nitrogens with one attached hydrogen (secondary N) is 1. The van der Waals surface area contributed by atoms with E-state index in [0.717, 1.165) is 21.1 Å². The highest BCUT2D eigenvalue weighted by Gasteiger charge is 2.27. The summed E-state index contributed by atoms with van der Waals surface area (Å²) in [5, 5.41) is 4.59. The van der Waals surface area contributed by atoms with Crippen molar-refractivity contribution in [1.29, 1.82) is 0 Å². The zero-order chi connectivity index (χ0) is 15.3. The van der Waals surface area contributed by atoms with E-state index >= 15 is 0 Å². The molecule has 1 aromatic carbocycles. The lowest BCUT2D eigenvalue weighted by atomic mass is 10.1. The van der Waals surface area contributed by atoms with Crippen molar-refractivity contribution in [3.05, 3.63) is 36.0 Å². The van der Waals surface area contributed by atoms with Gasteiger partial charge in [-0.15, -0.1) is 0 Å². The maximum atomic E-state index is 12.1. The van der Waals surface area contributed by atoms with Gasteiger partial charge in [0.1, 0.15) is 4.83 Å². The third-order valence-corrected chi connectivity index (χ3v) is 4.65. The number of para-hydroxylation sites is 1. The van der Waals surface area contributed by atoms with Crippen LogP contribution in [0.15, 0.2) is 36.0 Å². The Morgan fingerprint density at radius 2 is 2.09 bits per heavy atom. The molecule has 1 aliphatic heterocycles. The van der Waals surface area contributed by atoms with E-state index < -0.39 is 5.91 Å². The Bertz CT molecular complexity index is 975. The molecule has 3 heterocycles. The lowest BCUT2D eigenvalue weighted by Crippen LogP contribution is -2.40. The Hall–Kier alpha value is -2.38. The minimum absolute atomic E-state index is 0.0674. The van der Waals surface area contributed by atoms with E-state index in [1.165, 1.54) is 11.5 Å². The van der Waals surface area contributed by atoms with Crippen molar-refractivity contribution in [2.24, 2.45) is 0 Å². The van der Waals surface area contributed by atoms with Gasteiger partial charge in [-0.1, -0.05) is 30.4 Å². The number of hydrogen-bond donors (Lipinski definition) is 1. The minimum Gasteiger partial charge on any atom is -0.316 e. The van der Waals surface area contributed by atoms with Crippen molar-refractivity contribution >= 4 is 67.7 Å². The number of fused-ring (bicyclic) bond motifs is 3. The van der Waals surface area contributed by atoms with Gasteiger partial charge in [0, 0.05) is 17.0 Å². The highest BCUT2D eigenvalue weighted by Crippen LogP contribution is 2.32. The molecular formula is C15H9N3O2S2. The van der Waals surface area contributed by atoms with Crippen molar-refractivity contribution in [3.8, 4) is 0 Å². The van der Waals surface area contributed by atoms with E-state index in [1.54, 1.807) is 12.4 Å². The summed E-state index contributed by atoms with van der Waals surface area (Å²) < 4.78 is 6.05. The summed E-state index contributed by atoms with van der Waals surface area (Å²) in [6, 6.07) is 7.83. The Labute approximate surface area is 134 Å². The van der Waals surface area contributed by atoms with Gasteiger partial charge in [-0.25, -0.2) is 0 Å². The molecule has 1 saturated heterocycles. The molecule has 4 rings (SSSR count). The third kappa shape index (κ3) is 1.90. The van der Waals surface area contributed by atoms with E-state index in [4.69, 9.17) is 12.2 Å². The van der Waals surface area contributed by atoms with Gasteiger partial charge in [0.2, 0.25) is 0 Å². The number of carbonyl (C=O) groups is 2. The molecule has 1 aliphatic rings. The fourth-order valence-corrected chi connectivity index (χ4v) is 3.59. The second-order valence-corrected chi connectivity index (χ2v) is 6.22. The number of carbonyl (C=O) groups excluding carboxylic acids is 2. The Kier molecular flexibility index (Phi) is 2.91. The summed E-state index contributed by atoms with van der Waals surface area (Å²) in [7, 11) is 0. The van der Waals surface area contributed by atoms with Crippen molar-refractivity contribution in [3.63, 3.8) is 0 Å². The summed E-state index contributed by atoms with van der Waals surface area (Å²) in [5.41, 5.74) is 1.05.